The molecule has 0 bridgehead atoms. The van der Waals surface area contributed by atoms with E-state index >= 15 is 0 Å². The van der Waals surface area contributed by atoms with E-state index in [1.165, 1.54) is 22.8 Å². The fourth-order valence-corrected chi connectivity index (χ4v) is 5.50. The number of rotatable bonds is 6. The molecule has 38 heavy (non-hydrogen) atoms. The number of hydrogen-bond acceptors (Lipinski definition) is 8. The predicted octanol–water partition coefficient (Wildman–Crippen LogP) is 4.62. The minimum absolute atomic E-state index is 0.189. The number of nitro benzene ring substituents is 1. The Labute approximate surface area is 224 Å². The van der Waals surface area contributed by atoms with Gasteiger partial charge in [0.1, 0.15) is 11.5 Å². The Hall–Kier alpha value is -4.28. The fraction of sp³-hybridized carbons (Fsp3) is 0.148. The lowest BCUT2D eigenvalue weighted by Gasteiger charge is -2.24. The number of nitro groups is 1. The minimum Gasteiger partial charge on any atom is -0.463 e. The Balaban J connectivity index is 1.63. The zero-order valence-corrected chi connectivity index (χ0v) is 21.8. The molecule has 0 N–H and O–H groups in total. The molecular weight excluding hydrogens is 530 g/mol. The summed E-state index contributed by atoms with van der Waals surface area (Å²) in [6.45, 7) is 3.63. The molecule has 0 saturated carbocycles. The van der Waals surface area contributed by atoms with Gasteiger partial charge in [-0.15, -0.1) is 0 Å². The SMILES string of the molecule is CCOC(=O)C1=C(C)N=c2s/c(=C/c3ccc(-c4ccc(Cl)cc4[N+](=O)[O-])o3)c(=O)n2[C@H]1c1ccccc1. The van der Waals surface area contributed by atoms with Crippen molar-refractivity contribution in [2.75, 3.05) is 6.61 Å². The number of esters is 1. The number of benzene rings is 2. The van der Waals surface area contributed by atoms with E-state index in [1.807, 2.05) is 30.3 Å². The standard InChI is InChI=1S/C27H20ClN3O6S/c1-3-36-26(33)23-15(2)29-27-30(24(23)16-7-5-4-6-8-16)25(32)22(38-27)14-18-10-12-21(37-18)19-11-9-17(28)13-20(19)31(34)35/h4-14,24H,3H2,1-2H3/b22-14+/t24-/m0/s1. The summed E-state index contributed by atoms with van der Waals surface area (Å²) in [4.78, 5) is 42.5. The average molecular weight is 550 g/mol. The number of carbonyl (C=O) groups excluding carboxylic acids is 1. The molecule has 1 aliphatic rings. The van der Waals surface area contributed by atoms with Crippen LogP contribution >= 0.6 is 22.9 Å². The van der Waals surface area contributed by atoms with Gasteiger partial charge in [-0.3, -0.25) is 19.5 Å². The van der Waals surface area contributed by atoms with Crippen LogP contribution in [0, 0.1) is 10.1 Å². The van der Waals surface area contributed by atoms with Gasteiger partial charge in [0.25, 0.3) is 11.2 Å². The topological polar surface area (TPSA) is 117 Å². The summed E-state index contributed by atoms with van der Waals surface area (Å²) in [5, 5.41) is 11.7. The largest absolute Gasteiger partial charge is 0.463 e. The number of furan rings is 1. The number of carbonyl (C=O) groups is 1. The van der Waals surface area contributed by atoms with Crippen molar-refractivity contribution in [2.45, 2.75) is 19.9 Å². The van der Waals surface area contributed by atoms with Crippen LogP contribution in [-0.4, -0.2) is 22.1 Å². The highest BCUT2D eigenvalue weighted by molar-refractivity contribution is 7.07. The number of thiazole rings is 1. The molecule has 0 spiro atoms. The Morgan fingerprint density at radius 3 is 2.71 bits per heavy atom. The van der Waals surface area contributed by atoms with Crippen LogP contribution in [-0.2, 0) is 9.53 Å². The van der Waals surface area contributed by atoms with Gasteiger partial charge in [-0.1, -0.05) is 53.3 Å². The van der Waals surface area contributed by atoms with Crippen LogP contribution in [0.25, 0.3) is 17.4 Å². The van der Waals surface area contributed by atoms with Crippen molar-refractivity contribution in [3.63, 3.8) is 0 Å². The van der Waals surface area contributed by atoms with Crippen molar-refractivity contribution in [1.82, 2.24) is 4.57 Å². The van der Waals surface area contributed by atoms with E-state index in [9.17, 15) is 19.7 Å². The van der Waals surface area contributed by atoms with E-state index in [4.69, 9.17) is 20.8 Å². The monoisotopic (exact) mass is 549 g/mol. The van der Waals surface area contributed by atoms with Crippen LogP contribution in [0.15, 0.2) is 86.1 Å². The maximum absolute atomic E-state index is 13.7. The molecule has 0 aliphatic carbocycles. The van der Waals surface area contributed by atoms with Crippen LogP contribution in [0.5, 0.6) is 0 Å². The highest BCUT2D eigenvalue weighted by Gasteiger charge is 2.33. The summed E-state index contributed by atoms with van der Waals surface area (Å²) in [5.41, 5.74) is 1.23. The van der Waals surface area contributed by atoms with E-state index < -0.39 is 16.9 Å². The second-order valence-corrected chi connectivity index (χ2v) is 9.78. The van der Waals surface area contributed by atoms with E-state index in [-0.39, 0.29) is 34.2 Å². The fourth-order valence-electron chi connectivity index (χ4n) is 4.31. The van der Waals surface area contributed by atoms with Crippen molar-refractivity contribution in [3.8, 4) is 11.3 Å². The molecule has 2 aromatic carbocycles. The minimum atomic E-state index is -0.711. The predicted molar refractivity (Wildman–Crippen MR) is 143 cm³/mol. The maximum Gasteiger partial charge on any atom is 0.338 e. The van der Waals surface area contributed by atoms with Crippen LogP contribution in [0.3, 0.4) is 0 Å². The first-order valence-corrected chi connectivity index (χ1v) is 12.8. The lowest BCUT2D eigenvalue weighted by molar-refractivity contribution is -0.384. The number of aromatic nitrogens is 1. The Bertz CT molecular complexity index is 1780. The summed E-state index contributed by atoms with van der Waals surface area (Å²) in [6, 6.07) is 16.0. The molecular formula is C27H20ClN3O6S. The van der Waals surface area contributed by atoms with Crippen molar-refractivity contribution >= 4 is 40.7 Å². The van der Waals surface area contributed by atoms with Crippen LogP contribution < -0.4 is 14.9 Å². The summed E-state index contributed by atoms with van der Waals surface area (Å²) >= 11 is 7.08. The first-order valence-electron chi connectivity index (χ1n) is 11.6. The van der Waals surface area contributed by atoms with Gasteiger partial charge in [0.2, 0.25) is 0 Å². The van der Waals surface area contributed by atoms with Gasteiger partial charge in [0, 0.05) is 17.2 Å². The highest BCUT2D eigenvalue weighted by Crippen LogP contribution is 2.34. The summed E-state index contributed by atoms with van der Waals surface area (Å²) < 4.78 is 13.0. The summed E-state index contributed by atoms with van der Waals surface area (Å²) in [7, 11) is 0. The number of ether oxygens (including phenoxy) is 1. The molecule has 0 fully saturated rings. The number of halogens is 1. The molecule has 3 heterocycles. The van der Waals surface area contributed by atoms with Crippen molar-refractivity contribution < 1.29 is 18.9 Å². The molecule has 0 radical (unpaired) electrons. The van der Waals surface area contributed by atoms with Gasteiger partial charge >= 0.3 is 5.97 Å². The zero-order chi connectivity index (χ0) is 27.0. The van der Waals surface area contributed by atoms with E-state index in [1.54, 1.807) is 32.1 Å². The number of allylic oxidation sites excluding steroid dienone is 1. The third-order valence-corrected chi connectivity index (χ3v) is 7.17. The second-order valence-electron chi connectivity index (χ2n) is 8.33. The van der Waals surface area contributed by atoms with Gasteiger partial charge in [0.15, 0.2) is 4.80 Å². The average Bonchev–Trinajstić information content (AvgIpc) is 3.48. The quantitative estimate of drug-likeness (QED) is 0.197. The second kappa shape index (κ2) is 10.2. The highest BCUT2D eigenvalue weighted by atomic mass is 35.5. The third-order valence-electron chi connectivity index (χ3n) is 5.95. The molecule has 192 valence electrons. The molecule has 1 aliphatic heterocycles. The summed E-state index contributed by atoms with van der Waals surface area (Å²) in [5.74, 6) is 0.0548. The normalized spacial score (nSPS) is 15.2. The molecule has 1 atom stereocenters. The summed E-state index contributed by atoms with van der Waals surface area (Å²) in [6.07, 6.45) is 1.56. The van der Waals surface area contributed by atoms with Crippen molar-refractivity contribution in [2.24, 2.45) is 4.99 Å². The van der Waals surface area contributed by atoms with Crippen molar-refractivity contribution in [3.05, 3.63) is 118 Å². The number of hydrogen-bond donors (Lipinski definition) is 0. The van der Waals surface area contributed by atoms with Gasteiger partial charge in [0.05, 0.1) is 38.9 Å². The van der Waals surface area contributed by atoms with Gasteiger partial charge < -0.3 is 9.15 Å². The Morgan fingerprint density at radius 1 is 1.24 bits per heavy atom. The molecule has 0 saturated heterocycles. The maximum atomic E-state index is 13.7. The van der Waals surface area contributed by atoms with Crippen LogP contribution in [0.4, 0.5) is 5.69 Å². The Morgan fingerprint density at radius 2 is 2.00 bits per heavy atom. The number of nitrogens with zero attached hydrogens (tertiary/aromatic N) is 3. The first-order chi connectivity index (χ1) is 18.3. The zero-order valence-electron chi connectivity index (χ0n) is 20.2. The molecule has 0 amide bonds. The molecule has 0 unspecified atom stereocenters. The molecule has 5 rings (SSSR count). The third kappa shape index (κ3) is 4.59. The van der Waals surface area contributed by atoms with Crippen LogP contribution in [0.2, 0.25) is 5.02 Å². The smallest absolute Gasteiger partial charge is 0.338 e. The van der Waals surface area contributed by atoms with Gasteiger partial charge in [-0.25, -0.2) is 9.79 Å². The lowest BCUT2D eigenvalue weighted by atomic mass is 9.96. The molecule has 9 nitrogen and oxygen atoms in total. The van der Waals surface area contributed by atoms with Crippen LogP contribution in [0.1, 0.15) is 31.2 Å². The van der Waals surface area contributed by atoms with Gasteiger partial charge in [-0.05, 0) is 43.7 Å². The molecule has 4 aromatic rings. The van der Waals surface area contributed by atoms with E-state index in [2.05, 4.69) is 4.99 Å². The number of fused-ring (bicyclic) bond motifs is 1. The molecule has 11 heteroatoms. The van der Waals surface area contributed by atoms with Gasteiger partial charge in [-0.2, -0.15) is 0 Å². The molecule has 2 aromatic heterocycles. The first kappa shape index (κ1) is 25.4. The van der Waals surface area contributed by atoms with Crippen molar-refractivity contribution in [1.29, 1.82) is 0 Å². The van der Waals surface area contributed by atoms with E-state index in [0.29, 0.717) is 26.4 Å². The Kier molecular flexibility index (Phi) is 6.83. The van der Waals surface area contributed by atoms with E-state index in [0.717, 1.165) is 16.9 Å². The lowest BCUT2D eigenvalue weighted by Crippen LogP contribution is -2.39.